The van der Waals surface area contributed by atoms with E-state index < -0.39 is 0 Å². The van der Waals surface area contributed by atoms with E-state index in [1.807, 2.05) is 42.0 Å². The molecule has 0 spiro atoms. The van der Waals surface area contributed by atoms with Crippen LogP contribution in [0, 0.1) is 6.92 Å². The quantitative estimate of drug-likeness (QED) is 0.771. The van der Waals surface area contributed by atoms with Crippen LogP contribution in [0.15, 0.2) is 43.0 Å². The molecular weight excluding hydrogens is 316 g/mol. The van der Waals surface area contributed by atoms with Crippen molar-refractivity contribution >= 4 is 17.4 Å². The van der Waals surface area contributed by atoms with Gasteiger partial charge in [-0.2, -0.15) is 0 Å². The second-order valence-corrected chi connectivity index (χ2v) is 6.23. The summed E-state index contributed by atoms with van der Waals surface area (Å²) < 4.78 is 1.89. The fraction of sp³-hybridized carbons (Fsp3) is 0.211. The molecule has 126 valence electrons. The van der Waals surface area contributed by atoms with E-state index in [9.17, 15) is 9.59 Å². The number of amides is 1. The number of aromatic amines is 1. The Kier molecular flexibility index (Phi) is 3.72. The van der Waals surface area contributed by atoms with Gasteiger partial charge in [-0.25, -0.2) is 4.98 Å². The van der Waals surface area contributed by atoms with Crippen LogP contribution in [0.1, 0.15) is 44.9 Å². The largest absolute Gasteiger partial charge is 0.354 e. The highest BCUT2D eigenvalue weighted by Crippen LogP contribution is 2.27. The smallest absolute Gasteiger partial charge is 0.272 e. The van der Waals surface area contributed by atoms with Crippen molar-refractivity contribution in [2.45, 2.75) is 26.2 Å². The number of fused-ring (bicyclic) bond motifs is 1. The zero-order valence-electron chi connectivity index (χ0n) is 13.9. The van der Waals surface area contributed by atoms with Crippen molar-refractivity contribution in [1.29, 1.82) is 0 Å². The lowest BCUT2D eigenvalue weighted by molar-refractivity contribution is 0.0971. The van der Waals surface area contributed by atoms with E-state index in [4.69, 9.17) is 0 Å². The second-order valence-electron chi connectivity index (χ2n) is 6.23. The topological polar surface area (TPSA) is 79.8 Å². The highest BCUT2D eigenvalue weighted by Gasteiger charge is 2.26. The van der Waals surface area contributed by atoms with Crippen LogP contribution in [0.25, 0.3) is 5.69 Å². The number of imidazole rings is 1. The molecule has 1 amide bonds. The third-order valence-electron chi connectivity index (χ3n) is 4.59. The number of hydrogen-bond donors (Lipinski definition) is 2. The first-order chi connectivity index (χ1) is 12.1. The molecule has 0 saturated heterocycles. The number of ketones is 1. The first-order valence-electron chi connectivity index (χ1n) is 8.28. The van der Waals surface area contributed by atoms with Gasteiger partial charge in [0.05, 0.1) is 6.33 Å². The molecule has 6 nitrogen and oxygen atoms in total. The monoisotopic (exact) mass is 334 g/mol. The van der Waals surface area contributed by atoms with Crippen LogP contribution in [0.2, 0.25) is 0 Å². The normalized spacial score (nSPS) is 13.6. The molecule has 0 fully saturated rings. The number of H-pyrrole nitrogens is 1. The fourth-order valence-corrected chi connectivity index (χ4v) is 3.32. The predicted octanol–water partition coefficient (Wildman–Crippen LogP) is 3.28. The average Bonchev–Trinajstić information content (AvgIpc) is 3.25. The number of anilines is 1. The fourth-order valence-electron chi connectivity index (χ4n) is 3.32. The van der Waals surface area contributed by atoms with E-state index >= 15 is 0 Å². The minimum Gasteiger partial charge on any atom is -0.354 e. The summed E-state index contributed by atoms with van der Waals surface area (Å²) in [5.74, 6) is -0.103. The van der Waals surface area contributed by atoms with Gasteiger partial charge in [0, 0.05) is 41.4 Å². The van der Waals surface area contributed by atoms with Crippen LogP contribution < -0.4 is 5.32 Å². The molecule has 3 aromatic rings. The van der Waals surface area contributed by atoms with E-state index in [-0.39, 0.29) is 11.7 Å². The summed E-state index contributed by atoms with van der Waals surface area (Å²) in [7, 11) is 0. The summed E-state index contributed by atoms with van der Waals surface area (Å²) >= 11 is 0. The lowest BCUT2D eigenvalue weighted by Crippen LogP contribution is -2.14. The number of nitrogens with zero attached hydrogens (tertiary/aromatic N) is 2. The number of carbonyl (C=O) groups is 2. The van der Waals surface area contributed by atoms with Gasteiger partial charge in [0.25, 0.3) is 5.91 Å². The Morgan fingerprint density at radius 1 is 1.24 bits per heavy atom. The molecule has 4 rings (SSSR count). The lowest BCUT2D eigenvalue weighted by atomic mass is 9.94. The molecular formula is C19H18N4O2. The van der Waals surface area contributed by atoms with E-state index in [1.54, 1.807) is 12.5 Å². The van der Waals surface area contributed by atoms with Gasteiger partial charge in [-0.1, -0.05) is 0 Å². The molecule has 2 heterocycles. The van der Waals surface area contributed by atoms with E-state index in [0.717, 1.165) is 29.8 Å². The van der Waals surface area contributed by atoms with Crippen molar-refractivity contribution in [3.63, 3.8) is 0 Å². The van der Waals surface area contributed by atoms with Crippen molar-refractivity contribution in [1.82, 2.24) is 14.5 Å². The molecule has 1 aliphatic rings. The van der Waals surface area contributed by atoms with Gasteiger partial charge in [0.2, 0.25) is 0 Å². The maximum atomic E-state index is 12.6. The molecule has 0 unspecified atom stereocenters. The standard InChI is InChI=1S/C19H18N4O2/c1-12-17-15(3-2-4-16(17)24)22-18(12)19(25)21-13-5-7-14(8-6-13)23-10-9-20-11-23/h5-11,22H,2-4H2,1H3,(H,21,25). The SMILES string of the molecule is Cc1c(C(=O)Nc2ccc(-n3ccnc3)cc2)[nH]c2c1C(=O)CCC2. The summed E-state index contributed by atoms with van der Waals surface area (Å²) in [5.41, 5.74) is 4.46. The number of aromatic nitrogens is 3. The van der Waals surface area contributed by atoms with Gasteiger partial charge in [0.1, 0.15) is 5.69 Å². The first kappa shape index (κ1) is 15.4. The Balaban J connectivity index is 1.55. The average molecular weight is 334 g/mol. The van der Waals surface area contributed by atoms with Crippen molar-refractivity contribution in [3.8, 4) is 5.69 Å². The van der Waals surface area contributed by atoms with Gasteiger partial charge < -0.3 is 14.9 Å². The van der Waals surface area contributed by atoms with Gasteiger partial charge >= 0.3 is 0 Å². The van der Waals surface area contributed by atoms with E-state index in [1.165, 1.54) is 0 Å². The minimum absolute atomic E-state index is 0.124. The molecule has 1 aliphatic carbocycles. The Bertz CT molecular complexity index is 937. The van der Waals surface area contributed by atoms with Gasteiger partial charge in [0.15, 0.2) is 5.78 Å². The molecule has 2 aromatic heterocycles. The highest BCUT2D eigenvalue weighted by atomic mass is 16.2. The molecule has 0 saturated carbocycles. The van der Waals surface area contributed by atoms with Gasteiger partial charge in [-0.05, 0) is 49.6 Å². The maximum Gasteiger partial charge on any atom is 0.272 e. The Hall–Kier alpha value is -3.15. The van der Waals surface area contributed by atoms with Crippen LogP contribution in [0.5, 0.6) is 0 Å². The number of benzene rings is 1. The molecule has 6 heteroatoms. The number of nitrogens with one attached hydrogen (secondary N) is 2. The summed E-state index contributed by atoms with van der Waals surface area (Å²) in [6.45, 7) is 1.83. The summed E-state index contributed by atoms with van der Waals surface area (Å²) in [4.78, 5) is 31.9. The van der Waals surface area contributed by atoms with Crippen LogP contribution in [-0.4, -0.2) is 26.2 Å². The molecule has 25 heavy (non-hydrogen) atoms. The van der Waals surface area contributed by atoms with Crippen LogP contribution in [0.4, 0.5) is 5.69 Å². The van der Waals surface area contributed by atoms with E-state index in [0.29, 0.717) is 23.4 Å². The predicted molar refractivity (Wildman–Crippen MR) is 94.3 cm³/mol. The van der Waals surface area contributed by atoms with Crippen molar-refractivity contribution in [2.75, 3.05) is 5.32 Å². The summed E-state index contributed by atoms with van der Waals surface area (Å²) in [5, 5.41) is 2.89. The molecule has 0 radical (unpaired) electrons. The van der Waals surface area contributed by atoms with Crippen molar-refractivity contribution < 1.29 is 9.59 Å². The zero-order valence-corrected chi connectivity index (χ0v) is 13.9. The third-order valence-corrected chi connectivity index (χ3v) is 4.59. The second kappa shape index (κ2) is 6.05. The van der Waals surface area contributed by atoms with Crippen molar-refractivity contribution in [2.24, 2.45) is 0 Å². The van der Waals surface area contributed by atoms with Crippen LogP contribution in [-0.2, 0) is 6.42 Å². The number of Topliss-reactive ketones (excluding diaryl/α,β-unsaturated/α-hetero) is 1. The Labute approximate surface area is 144 Å². The molecule has 0 aliphatic heterocycles. The lowest BCUT2D eigenvalue weighted by Gasteiger charge is -2.09. The molecule has 1 aromatic carbocycles. The molecule has 0 bridgehead atoms. The zero-order chi connectivity index (χ0) is 17.4. The Morgan fingerprint density at radius 3 is 2.72 bits per heavy atom. The number of hydrogen-bond acceptors (Lipinski definition) is 3. The number of carbonyl (C=O) groups excluding carboxylic acids is 2. The van der Waals surface area contributed by atoms with Crippen LogP contribution in [0.3, 0.4) is 0 Å². The van der Waals surface area contributed by atoms with Crippen molar-refractivity contribution in [3.05, 3.63) is 65.5 Å². The Morgan fingerprint density at radius 2 is 2.04 bits per heavy atom. The highest BCUT2D eigenvalue weighted by molar-refractivity contribution is 6.08. The minimum atomic E-state index is -0.227. The molecule has 2 N–H and O–H groups in total. The number of rotatable bonds is 3. The summed E-state index contributed by atoms with van der Waals surface area (Å²) in [6, 6.07) is 7.51. The number of aryl methyl sites for hydroxylation is 1. The van der Waals surface area contributed by atoms with Gasteiger partial charge in [-0.3, -0.25) is 9.59 Å². The summed E-state index contributed by atoms with van der Waals surface area (Å²) in [6.07, 6.45) is 7.50. The third kappa shape index (κ3) is 2.76. The first-order valence-corrected chi connectivity index (χ1v) is 8.28. The maximum absolute atomic E-state index is 12.6. The molecule has 0 atom stereocenters. The van der Waals surface area contributed by atoms with Crippen LogP contribution >= 0.6 is 0 Å². The van der Waals surface area contributed by atoms with Gasteiger partial charge in [-0.15, -0.1) is 0 Å². The van der Waals surface area contributed by atoms with E-state index in [2.05, 4.69) is 15.3 Å².